The maximum Gasteiger partial charge on any atom is 0.377 e. The smallest absolute Gasteiger partial charge is 0.377 e. The van der Waals surface area contributed by atoms with Crippen LogP contribution >= 0.6 is 0 Å². The number of hydrogen-bond donors (Lipinski definition) is 1. The van der Waals surface area contributed by atoms with Crippen molar-refractivity contribution in [3.05, 3.63) is 36.3 Å². The molecule has 0 aliphatic rings. The van der Waals surface area contributed by atoms with Gasteiger partial charge in [-0.1, -0.05) is 0 Å². The highest BCUT2D eigenvalue weighted by molar-refractivity contribution is 6.44. The highest BCUT2D eigenvalue weighted by Crippen LogP contribution is 2.30. The summed E-state index contributed by atoms with van der Waals surface area (Å²) in [6.45, 7) is 0. The van der Waals surface area contributed by atoms with Crippen LogP contribution < -0.4 is 0 Å². The van der Waals surface area contributed by atoms with Crippen LogP contribution in [-0.2, 0) is 4.79 Å². The Bertz CT molecular complexity index is 698. The molecule has 0 aliphatic heterocycles. The summed E-state index contributed by atoms with van der Waals surface area (Å²) in [7, 11) is 0. The third-order valence-electron chi connectivity index (χ3n) is 2.60. The average molecular weight is 230 g/mol. The molecule has 17 heavy (non-hydrogen) atoms. The lowest BCUT2D eigenvalue weighted by atomic mass is 10.0. The molecule has 1 aromatic carbocycles. The lowest BCUT2D eigenvalue weighted by molar-refractivity contribution is -0.131. The van der Waals surface area contributed by atoms with Crippen molar-refractivity contribution in [1.82, 2.24) is 0 Å². The zero-order valence-electron chi connectivity index (χ0n) is 8.47. The quantitative estimate of drug-likeness (QED) is 0.540. The first-order valence-corrected chi connectivity index (χ1v) is 4.83. The van der Waals surface area contributed by atoms with E-state index in [1.54, 1.807) is 18.2 Å². The van der Waals surface area contributed by atoms with Gasteiger partial charge in [-0.05, 0) is 18.2 Å². The topological polar surface area (TPSA) is 80.6 Å². The molecule has 0 amide bonds. The van der Waals surface area contributed by atoms with Gasteiger partial charge in [0.05, 0.1) is 18.1 Å². The number of rotatable bonds is 2. The Balaban J connectivity index is 2.50. The number of carbonyl (C=O) groups is 2. The van der Waals surface area contributed by atoms with Crippen molar-refractivity contribution >= 4 is 33.7 Å². The summed E-state index contributed by atoms with van der Waals surface area (Å²) >= 11 is 0. The number of fused-ring (bicyclic) bond motifs is 2. The van der Waals surface area contributed by atoms with Gasteiger partial charge in [-0.25, -0.2) is 4.79 Å². The minimum absolute atomic E-state index is 0.0313. The van der Waals surface area contributed by atoms with Crippen LogP contribution in [0.25, 0.3) is 21.9 Å². The highest BCUT2D eigenvalue weighted by atomic mass is 16.4. The molecule has 0 spiro atoms. The molecule has 0 atom stereocenters. The Hall–Kier alpha value is -2.56. The fourth-order valence-electron chi connectivity index (χ4n) is 1.87. The van der Waals surface area contributed by atoms with Crippen molar-refractivity contribution in [2.24, 2.45) is 0 Å². The van der Waals surface area contributed by atoms with Crippen LogP contribution in [0.1, 0.15) is 10.4 Å². The first-order valence-electron chi connectivity index (χ1n) is 4.83. The van der Waals surface area contributed by atoms with Gasteiger partial charge in [-0.2, -0.15) is 0 Å². The second-order valence-electron chi connectivity index (χ2n) is 3.56. The van der Waals surface area contributed by atoms with Crippen LogP contribution in [-0.4, -0.2) is 16.9 Å². The lowest BCUT2D eigenvalue weighted by Crippen LogP contribution is -2.13. The summed E-state index contributed by atoms with van der Waals surface area (Å²) in [5, 5.41) is 9.89. The summed E-state index contributed by atoms with van der Waals surface area (Å²) in [4.78, 5) is 22.5. The standard InChI is InChI=1S/C12H6O5/c13-10(12(14)15)9-7-2-4-16-8(7)5-6-1-3-17-11(6)9/h1-5H,(H,14,15). The zero-order valence-corrected chi connectivity index (χ0v) is 8.47. The molecule has 5 nitrogen and oxygen atoms in total. The number of Topliss-reactive ketones (excluding diaryl/α,β-unsaturated/α-hetero) is 1. The number of carbonyl (C=O) groups excluding carboxylic acids is 1. The fourth-order valence-corrected chi connectivity index (χ4v) is 1.87. The monoisotopic (exact) mass is 230 g/mol. The van der Waals surface area contributed by atoms with Crippen molar-refractivity contribution < 1.29 is 23.5 Å². The Morgan fingerprint density at radius 3 is 2.65 bits per heavy atom. The van der Waals surface area contributed by atoms with Gasteiger partial charge in [-0.3, -0.25) is 4.79 Å². The van der Waals surface area contributed by atoms with E-state index in [4.69, 9.17) is 13.9 Å². The molecule has 2 heterocycles. The van der Waals surface area contributed by atoms with Crippen molar-refractivity contribution in [3.8, 4) is 0 Å². The average Bonchev–Trinajstić information content (AvgIpc) is 2.91. The number of carboxylic acids is 1. The van der Waals surface area contributed by atoms with Gasteiger partial charge in [-0.15, -0.1) is 0 Å². The van der Waals surface area contributed by atoms with E-state index in [-0.39, 0.29) is 11.1 Å². The van der Waals surface area contributed by atoms with Gasteiger partial charge < -0.3 is 13.9 Å². The third kappa shape index (κ3) is 1.25. The molecule has 2 aromatic heterocycles. The maximum absolute atomic E-state index is 11.7. The molecule has 0 aliphatic carbocycles. The van der Waals surface area contributed by atoms with Crippen molar-refractivity contribution in [2.45, 2.75) is 0 Å². The van der Waals surface area contributed by atoms with Gasteiger partial charge in [0.2, 0.25) is 0 Å². The second kappa shape index (κ2) is 3.21. The molecule has 0 unspecified atom stereocenters. The number of hydrogen-bond acceptors (Lipinski definition) is 4. The molecule has 5 heteroatoms. The molecule has 3 aromatic rings. The summed E-state index contributed by atoms with van der Waals surface area (Å²) in [6, 6.07) is 4.90. The number of aliphatic carboxylic acids is 1. The van der Waals surface area contributed by atoms with Crippen LogP contribution in [0.2, 0.25) is 0 Å². The Kier molecular flexibility index (Phi) is 1.82. The minimum atomic E-state index is -1.52. The molecule has 84 valence electrons. The first-order chi connectivity index (χ1) is 8.18. The summed E-state index contributed by atoms with van der Waals surface area (Å²) in [5.74, 6) is -2.52. The van der Waals surface area contributed by atoms with Crippen molar-refractivity contribution in [2.75, 3.05) is 0 Å². The van der Waals surface area contributed by atoms with E-state index in [9.17, 15) is 9.59 Å². The van der Waals surface area contributed by atoms with Crippen LogP contribution in [0.3, 0.4) is 0 Å². The van der Waals surface area contributed by atoms with E-state index in [2.05, 4.69) is 0 Å². The van der Waals surface area contributed by atoms with E-state index in [1.165, 1.54) is 12.5 Å². The van der Waals surface area contributed by atoms with Crippen LogP contribution in [0.15, 0.2) is 39.6 Å². The molecule has 0 bridgehead atoms. The summed E-state index contributed by atoms with van der Waals surface area (Å²) in [5.41, 5.74) is 0.763. The van der Waals surface area contributed by atoms with Crippen LogP contribution in [0, 0.1) is 0 Å². The molecule has 0 fully saturated rings. The lowest BCUT2D eigenvalue weighted by Gasteiger charge is -1.99. The second-order valence-corrected chi connectivity index (χ2v) is 3.56. The zero-order chi connectivity index (χ0) is 12.0. The molecule has 1 N–H and O–H groups in total. The van der Waals surface area contributed by atoms with E-state index >= 15 is 0 Å². The van der Waals surface area contributed by atoms with E-state index in [1.807, 2.05) is 0 Å². The van der Waals surface area contributed by atoms with Gasteiger partial charge in [0, 0.05) is 10.8 Å². The van der Waals surface area contributed by atoms with E-state index < -0.39 is 11.8 Å². The van der Waals surface area contributed by atoms with E-state index in [0.29, 0.717) is 16.4 Å². The van der Waals surface area contributed by atoms with Crippen molar-refractivity contribution in [1.29, 1.82) is 0 Å². The molecule has 0 radical (unpaired) electrons. The predicted molar refractivity (Wildman–Crippen MR) is 58.0 cm³/mol. The van der Waals surface area contributed by atoms with Gasteiger partial charge in [0.1, 0.15) is 11.2 Å². The molecule has 3 rings (SSSR count). The van der Waals surface area contributed by atoms with Gasteiger partial charge in [0.15, 0.2) is 0 Å². The fraction of sp³-hybridized carbons (Fsp3) is 0. The van der Waals surface area contributed by atoms with Gasteiger partial charge >= 0.3 is 5.97 Å². The number of ketones is 1. The number of benzene rings is 1. The minimum Gasteiger partial charge on any atom is -0.475 e. The predicted octanol–water partition coefficient (Wildman–Crippen LogP) is 2.45. The summed E-state index contributed by atoms with van der Waals surface area (Å²) in [6.07, 6.45) is 2.81. The first kappa shape index (κ1) is 9.65. The largest absolute Gasteiger partial charge is 0.475 e. The van der Waals surface area contributed by atoms with E-state index in [0.717, 1.165) is 0 Å². The van der Waals surface area contributed by atoms with Crippen LogP contribution in [0.5, 0.6) is 0 Å². The van der Waals surface area contributed by atoms with Gasteiger partial charge in [0.25, 0.3) is 5.78 Å². The Morgan fingerprint density at radius 2 is 1.88 bits per heavy atom. The van der Waals surface area contributed by atoms with Crippen molar-refractivity contribution in [3.63, 3.8) is 0 Å². The Labute approximate surface area is 94.2 Å². The maximum atomic E-state index is 11.7. The third-order valence-corrected chi connectivity index (χ3v) is 2.60. The number of carboxylic acid groups (broad SMARTS) is 1. The normalized spacial score (nSPS) is 11.1. The number of furan rings is 2. The molecule has 0 saturated carbocycles. The highest BCUT2D eigenvalue weighted by Gasteiger charge is 2.23. The molecule has 0 saturated heterocycles. The molecular formula is C12H6O5. The SMILES string of the molecule is O=C(O)C(=O)c1c2ccoc2cc2ccoc12. The van der Waals surface area contributed by atoms with Crippen LogP contribution in [0.4, 0.5) is 0 Å². The summed E-state index contributed by atoms with van der Waals surface area (Å²) < 4.78 is 10.4. The molecular weight excluding hydrogens is 224 g/mol. The Morgan fingerprint density at radius 1 is 1.12 bits per heavy atom.